The van der Waals surface area contributed by atoms with Crippen LogP contribution in [0.1, 0.15) is 29.8 Å². The second kappa shape index (κ2) is 7.83. The molecule has 1 amide bonds. The molecule has 0 unspecified atom stereocenters. The Bertz CT molecular complexity index is 929. The fourth-order valence-electron chi connectivity index (χ4n) is 3.29. The minimum atomic E-state index is 0.0910. The van der Waals surface area contributed by atoms with Crippen LogP contribution in [0.2, 0.25) is 0 Å². The quantitative estimate of drug-likeness (QED) is 0.663. The molecule has 0 saturated carbocycles. The summed E-state index contributed by atoms with van der Waals surface area (Å²) in [5.74, 6) is 0.0910. The van der Waals surface area contributed by atoms with E-state index in [4.69, 9.17) is 4.98 Å². The van der Waals surface area contributed by atoms with E-state index in [0.29, 0.717) is 12.8 Å². The Balaban J connectivity index is 1.72. The van der Waals surface area contributed by atoms with Crippen molar-refractivity contribution < 1.29 is 4.79 Å². The van der Waals surface area contributed by atoms with Crippen molar-refractivity contribution in [3.05, 3.63) is 41.2 Å². The van der Waals surface area contributed by atoms with E-state index in [0.717, 1.165) is 53.0 Å². The summed E-state index contributed by atoms with van der Waals surface area (Å²) < 4.78 is 1.90. The first-order valence-corrected chi connectivity index (χ1v) is 9.12. The third-order valence-electron chi connectivity index (χ3n) is 4.72. The predicted octanol–water partition coefficient (Wildman–Crippen LogP) is 2.50. The van der Waals surface area contributed by atoms with Crippen LogP contribution in [0.4, 0.5) is 0 Å². The van der Waals surface area contributed by atoms with Gasteiger partial charge in [0.05, 0.1) is 5.52 Å². The lowest BCUT2D eigenvalue weighted by Gasteiger charge is -2.12. The summed E-state index contributed by atoms with van der Waals surface area (Å²) in [5, 5.41) is 8.73. The Kier molecular flexibility index (Phi) is 5.52. The zero-order valence-electron chi connectivity index (χ0n) is 16.0. The molecule has 0 atom stereocenters. The minimum Gasteiger partial charge on any atom is -0.356 e. The number of nitrogens with zero attached hydrogens (tertiary/aromatic N) is 4. The summed E-state index contributed by atoms with van der Waals surface area (Å²) in [5.41, 5.74) is 4.96. The molecule has 0 radical (unpaired) electrons. The van der Waals surface area contributed by atoms with Crippen molar-refractivity contribution in [3.8, 4) is 0 Å². The molecular formula is C20H27N5O. The van der Waals surface area contributed by atoms with Gasteiger partial charge in [-0.25, -0.2) is 9.50 Å². The van der Waals surface area contributed by atoms with E-state index in [1.807, 2.05) is 49.8 Å². The SMILES string of the molecule is Cc1nc2c3ccccc3nn2c(C)c1CCC(=O)NCCCN(C)C. The van der Waals surface area contributed by atoms with Crippen LogP contribution in [0.5, 0.6) is 0 Å². The van der Waals surface area contributed by atoms with Gasteiger partial charge in [0.2, 0.25) is 5.91 Å². The highest BCUT2D eigenvalue weighted by Gasteiger charge is 2.14. The molecule has 26 heavy (non-hydrogen) atoms. The second-order valence-electron chi connectivity index (χ2n) is 7.02. The topological polar surface area (TPSA) is 62.5 Å². The van der Waals surface area contributed by atoms with Gasteiger partial charge in [-0.05, 0) is 65.0 Å². The minimum absolute atomic E-state index is 0.0910. The van der Waals surface area contributed by atoms with Crippen LogP contribution < -0.4 is 5.32 Å². The standard InChI is InChI=1S/C20H27N5O/c1-14-16(10-11-19(26)21-12-7-13-24(3)4)15(2)25-20(22-14)17-8-5-6-9-18(17)23-25/h5-6,8-9H,7,10-13H2,1-4H3,(H,21,26). The summed E-state index contributed by atoms with van der Waals surface area (Å²) in [6, 6.07) is 8.04. The van der Waals surface area contributed by atoms with E-state index in [2.05, 4.69) is 22.2 Å². The first kappa shape index (κ1) is 18.3. The van der Waals surface area contributed by atoms with Gasteiger partial charge in [-0.15, -0.1) is 0 Å². The average Bonchev–Trinajstić information content (AvgIpc) is 2.97. The van der Waals surface area contributed by atoms with Crippen LogP contribution in [0.25, 0.3) is 16.6 Å². The molecule has 0 aliphatic rings. The molecule has 0 aliphatic carbocycles. The van der Waals surface area contributed by atoms with Gasteiger partial charge in [-0.3, -0.25) is 4.79 Å². The lowest BCUT2D eigenvalue weighted by atomic mass is 10.1. The molecule has 138 valence electrons. The number of benzene rings is 1. The number of fused-ring (bicyclic) bond motifs is 3. The van der Waals surface area contributed by atoms with Gasteiger partial charge in [0.15, 0.2) is 5.65 Å². The van der Waals surface area contributed by atoms with Crippen molar-refractivity contribution in [2.75, 3.05) is 27.2 Å². The zero-order chi connectivity index (χ0) is 18.7. The maximum atomic E-state index is 12.1. The molecule has 6 nitrogen and oxygen atoms in total. The number of aryl methyl sites for hydroxylation is 2. The van der Waals surface area contributed by atoms with E-state index >= 15 is 0 Å². The van der Waals surface area contributed by atoms with Crippen LogP contribution in [-0.2, 0) is 11.2 Å². The smallest absolute Gasteiger partial charge is 0.220 e. The molecule has 0 spiro atoms. The summed E-state index contributed by atoms with van der Waals surface area (Å²) in [6.45, 7) is 5.76. The highest BCUT2D eigenvalue weighted by molar-refractivity contribution is 5.92. The molecule has 3 aromatic rings. The van der Waals surface area contributed by atoms with Crippen LogP contribution >= 0.6 is 0 Å². The van der Waals surface area contributed by atoms with Crippen LogP contribution in [0.15, 0.2) is 24.3 Å². The summed E-state index contributed by atoms with van der Waals surface area (Å²) in [4.78, 5) is 19.0. The Morgan fingerprint density at radius 3 is 2.77 bits per heavy atom. The number of hydrogen-bond donors (Lipinski definition) is 1. The predicted molar refractivity (Wildman–Crippen MR) is 104 cm³/mol. The van der Waals surface area contributed by atoms with E-state index in [1.165, 1.54) is 0 Å². The van der Waals surface area contributed by atoms with Crippen LogP contribution in [0.3, 0.4) is 0 Å². The summed E-state index contributed by atoms with van der Waals surface area (Å²) in [6.07, 6.45) is 2.11. The Morgan fingerprint density at radius 2 is 2.00 bits per heavy atom. The van der Waals surface area contributed by atoms with Gasteiger partial charge in [0, 0.05) is 29.7 Å². The van der Waals surface area contributed by atoms with E-state index in [1.54, 1.807) is 0 Å². The largest absolute Gasteiger partial charge is 0.356 e. The van der Waals surface area contributed by atoms with Crippen molar-refractivity contribution in [3.63, 3.8) is 0 Å². The molecule has 0 fully saturated rings. The number of rotatable bonds is 7. The van der Waals surface area contributed by atoms with Gasteiger partial charge in [-0.2, -0.15) is 5.10 Å². The van der Waals surface area contributed by atoms with E-state index in [9.17, 15) is 4.79 Å². The molecule has 0 bridgehead atoms. The monoisotopic (exact) mass is 353 g/mol. The van der Waals surface area contributed by atoms with Crippen LogP contribution in [-0.4, -0.2) is 52.6 Å². The molecule has 2 aromatic heterocycles. The van der Waals surface area contributed by atoms with Gasteiger partial charge in [0.1, 0.15) is 0 Å². The normalized spacial score (nSPS) is 11.6. The van der Waals surface area contributed by atoms with E-state index in [-0.39, 0.29) is 5.91 Å². The van der Waals surface area contributed by atoms with Crippen molar-refractivity contribution in [2.24, 2.45) is 0 Å². The Labute approximate surface area is 154 Å². The number of nitrogens with one attached hydrogen (secondary N) is 1. The molecule has 1 N–H and O–H groups in total. The van der Waals surface area contributed by atoms with Crippen molar-refractivity contribution in [1.82, 2.24) is 24.8 Å². The average molecular weight is 353 g/mol. The first-order chi connectivity index (χ1) is 12.5. The summed E-state index contributed by atoms with van der Waals surface area (Å²) in [7, 11) is 4.07. The molecular weight excluding hydrogens is 326 g/mol. The molecule has 3 rings (SSSR count). The fourth-order valence-corrected chi connectivity index (χ4v) is 3.29. The molecule has 0 aliphatic heterocycles. The Morgan fingerprint density at radius 1 is 1.23 bits per heavy atom. The van der Waals surface area contributed by atoms with Gasteiger partial charge >= 0.3 is 0 Å². The van der Waals surface area contributed by atoms with Gasteiger partial charge < -0.3 is 10.2 Å². The molecule has 6 heteroatoms. The number of hydrogen-bond acceptors (Lipinski definition) is 4. The van der Waals surface area contributed by atoms with Crippen molar-refractivity contribution in [1.29, 1.82) is 0 Å². The second-order valence-corrected chi connectivity index (χ2v) is 7.02. The fraction of sp³-hybridized carbons (Fsp3) is 0.450. The summed E-state index contributed by atoms with van der Waals surface area (Å²) >= 11 is 0. The maximum absolute atomic E-state index is 12.1. The zero-order valence-corrected chi connectivity index (χ0v) is 16.0. The number of aromatic nitrogens is 3. The molecule has 2 heterocycles. The third kappa shape index (κ3) is 3.85. The highest BCUT2D eigenvalue weighted by Crippen LogP contribution is 2.22. The van der Waals surface area contributed by atoms with Crippen LogP contribution in [0, 0.1) is 13.8 Å². The van der Waals surface area contributed by atoms with Crippen molar-refractivity contribution >= 4 is 22.5 Å². The number of carbonyl (C=O) groups is 1. The molecule has 1 aromatic carbocycles. The number of amides is 1. The van der Waals surface area contributed by atoms with E-state index < -0.39 is 0 Å². The highest BCUT2D eigenvalue weighted by atomic mass is 16.1. The van der Waals surface area contributed by atoms with Crippen molar-refractivity contribution in [2.45, 2.75) is 33.1 Å². The lowest BCUT2D eigenvalue weighted by Crippen LogP contribution is -2.27. The molecule has 0 saturated heterocycles. The van der Waals surface area contributed by atoms with Gasteiger partial charge in [-0.1, -0.05) is 12.1 Å². The number of carbonyl (C=O) groups excluding carboxylic acids is 1. The van der Waals surface area contributed by atoms with Gasteiger partial charge in [0.25, 0.3) is 0 Å². The lowest BCUT2D eigenvalue weighted by molar-refractivity contribution is -0.121. The third-order valence-corrected chi connectivity index (χ3v) is 4.72. The maximum Gasteiger partial charge on any atom is 0.220 e. The first-order valence-electron chi connectivity index (χ1n) is 9.12. The Hall–Kier alpha value is -2.47.